The third-order valence-corrected chi connectivity index (χ3v) is 3.31. The minimum Gasteiger partial charge on any atom is -0.478 e. The summed E-state index contributed by atoms with van der Waals surface area (Å²) in [5, 5.41) is 23.9. The predicted octanol–water partition coefficient (Wildman–Crippen LogP) is 3.54. The number of anilines is 1. The zero-order valence-electron chi connectivity index (χ0n) is 15.3. The van der Waals surface area contributed by atoms with E-state index in [0.717, 1.165) is 6.42 Å². The van der Waals surface area contributed by atoms with Gasteiger partial charge in [-0.3, -0.25) is 4.79 Å². The Morgan fingerprint density at radius 1 is 1.24 bits per heavy atom. The summed E-state index contributed by atoms with van der Waals surface area (Å²) in [7, 11) is 0. The lowest BCUT2D eigenvalue weighted by molar-refractivity contribution is -0.112. The zero-order valence-corrected chi connectivity index (χ0v) is 15.3. The second kappa shape index (κ2) is 7.84. The van der Waals surface area contributed by atoms with Gasteiger partial charge in [0.05, 0.1) is 5.56 Å². The van der Waals surface area contributed by atoms with Crippen molar-refractivity contribution in [2.24, 2.45) is 5.41 Å². The maximum Gasteiger partial charge on any atom is 0.335 e. The van der Waals surface area contributed by atoms with E-state index in [1.54, 1.807) is 6.07 Å². The third kappa shape index (κ3) is 7.08. The van der Waals surface area contributed by atoms with Crippen molar-refractivity contribution >= 4 is 17.6 Å². The molecule has 0 saturated heterocycles. The Morgan fingerprint density at radius 3 is 2.40 bits per heavy atom. The Morgan fingerprint density at radius 2 is 1.88 bits per heavy atom. The van der Waals surface area contributed by atoms with Gasteiger partial charge in [-0.2, -0.15) is 5.26 Å². The average molecular weight is 343 g/mol. The summed E-state index contributed by atoms with van der Waals surface area (Å²) in [5.41, 5.74) is 0.105. The molecule has 6 heteroatoms. The SMILES string of the molecule is CC(C)(C)CC(C)(C)N/C=C(/C#N)C(=O)Nc1cccc(C(=O)O)c1. The molecule has 0 bridgehead atoms. The van der Waals surface area contributed by atoms with Crippen LogP contribution in [0.3, 0.4) is 0 Å². The van der Waals surface area contributed by atoms with Crippen molar-refractivity contribution in [2.45, 2.75) is 46.6 Å². The zero-order chi connectivity index (χ0) is 19.3. The molecule has 0 aromatic heterocycles. The van der Waals surface area contributed by atoms with Crippen LogP contribution in [0.4, 0.5) is 5.69 Å². The molecule has 0 aliphatic carbocycles. The van der Waals surface area contributed by atoms with Crippen LogP contribution in [0.2, 0.25) is 0 Å². The maximum absolute atomic E-state index is 12.2. The molecule has 0 spiro atoms. The molecule has 0 fully saturated rings. The number of nitrogens with zero attached hydrogens (tertiary/aromatic N) is 1. The molecule has 0 unspecified atom stereocenters. The van der Waals surface area contributed by atoms with Gasteiger partial charge in [0.1, 0.15) is 11.6 Å². The van der Waals surface area contributed by atoms with Crippen molar-refractivity contribution in [3.05, 3.63) is 41.6 Å². The standard InChI is InChI=1S/C19H25N3O3/c1-18(2,3)12-19(4,5)21-11-14(10-20)16(23)22-15-8-6-7-13(9-15)17(24)25/h6-9,11,21H,12H2,1-5H3,(H,22,23)(H,24,25)/b14-11-. The second-order valence-corrected chi connectivity index (χ2v) is 7.78. The Hall–Kier alpha value is -2.81. The predicted molar refractivity (Wildman–Crippen MR) is 97.0 cm³/mol. The van der Waals surface area contributed by atoms with Crippen molar-refractivity contribution in [3.8, 4) is 6.07 Å². The van der Waals surface area contributed by atoms with Crippen LogP contribution in [0, 0.1) is 16.7 Å². The lowest BCUT2D eigenvalue weighted by atomic mass is 9.82. The molecule has 1 amide bonds. The normalized spacial score (nSPS) is 12.2. The van der Waals surface area contributed by atoms with Crippen LogP contribution in [0.15, 0.2) is 36.0 Å². The summed E-state index contributed by atoms with van der Waals surface area (Å²) in [5.74, 6) is -1.68. The summed E-state index contributed by atoms with van der Waals surface area (Å²) >= 11 is 0. The molecule has 1 aromatic rings. The summed E-state index contributed by atoms with van der Waals surface area (Å²) in [6.07, 6.45) is 2.25. The topological polar surface area (TPSA) is 102 Å². The summed E-state index contributed by atoms with van der Waals surface area (Å²) < 4.78 is 0. The fourth-order valence-electron chi connectivity index (χ4n) is 2.72. The first kappa shape index (κ1) is 20.2. The molecule has 1 aromatic carbocycles. The Bertz CT molecular complexity index is 722. The van der Waals surface area contributed by atoms with Crippen LogP contribution >= 0.6 is 0 Å². The van der Waals surface area contributed by atoms with Gasteiger partial charge in [-0.05, 0) is 43.9 Å². The fraction of sp³-hybridized carbons (Fsp3) is 0.421. The summed E-state index contributed by atoms with van der Waals surface area (Å²) in [4.78, 5) is 23.2. The lowest BCUT2D eigenvalue weighted by Gasteiger charge is -2.33. The van der Waals surface area contributed by atoms with Gasteiger partial charge in [-0.15, -0.1) is 0 Å². The number of hydrogen-bond acceptors (Lipinski definition) is 4. The highest BCUT2D eigenvalue weighted by atomic mass is 16.4. The quantitative estimate of drug-likeness (QED) is 0.541. The third-order valence-electron chi connectivity index (χ3n) is 3.31. The number of carbonyl (C=O) groups is 2. The van der Waals surface area contributed by atoms with Crippen molar-refractivity contribution in [1.29, 1.82) is 5.26 Å². The van der Waals surface area contributed by atoms with Crippen LogP contribution in [0.5, 0.6) is 0 Å². The molecule has 6 nitrogen and oxygen atoms in total. The van der Waals surface area contributed by atoms with E-state index in [2.05, 4.69) is 31.4 Å². The van der Waals surface area contributed by atoms with E-state index < -0.39 is 11.9 Å². The van der Waals surface area contributed by atoms with Gasteiger partial charge in [-0.1, -0.05) is 26.8 Å². The largest absolute Gasteiger partial charge is 0.478 e. The van der Waals surface area contributed by atoms with E-state index in [1.807, 2.05) is 19.9 Å². The summed E-state index contributed by atoms with van der Waals surface area (Å²) in [6.45, 7) is 10.4. The molecule has 134 valence electrons. The summed E-state index contributed by atoms with van der Waals surface area (Å²) in [6, 6.07) is 7.72. The van der Waals surface area contributed by atoms with Crippen molar-refractivity contribution in [3.63, 3.8) is 0 Å². The van der Waals surface area contributed by atoms with E-state index >= 15 is 0 Å². The highest BCUT2D eigenvalue weighted by Crippen LogP contribution is 2.26. The van der Waals surface area contributed by atoms with Gasteiger partial charge in [0.15, 0.2) is 0 Å². The first-order valence-corrected chi connectivity index (χ1v) is 7.96. The number of carboxylic acids is 1. The van der Waals surface area contributed by atoms with Crippen molar-refractivity contribution in [2.75, 3.05) is 5.32 Å². The van der Waals surface area contributed by atoms with Gasteiger partial charge in [0.2, 0.25) is 0 Å². The Balaban J connectivity index is 2.86. The average Bonchev–Trinajstić information content (AvgIpc) is 2.45. The minimum absolute atomic E-state index is 0.0599. The van der Waals surface area contributed by atoms with E-state index in [4.69, 9.17) is 5.11 Å². The molecule has 1 rings (SSSR count). The molecule has 0 heterocycles. The minimum atomic E-state index is -1.09. The second-order valence-electron chi connectivity index (χ2n) is 7.78. The van der Waals surface area contributed by atoms with Crippen LogP contribution in [-0.2, 0) is 4.79 Å². The number of rotatable bonds is 6. The van der Waals surface area contributed by atoms with Crippen molar-refractivity contribution < 1.29 is 14.7 Å². The van der Waals surface area contributed by atoms with Gasteiger partial charge >= 0.3 is 5.97 Å². The Kier molecular flexibility index (Phi) is 6.35. The number of benzene rings is 1. The first-order chi connectivity index (χ1) is 11.4. The van der Waals surface area contributed by atoms with E-state index in [-0.39, 0.29) is 22.1 Å². The van der Waals surface area contributed by atoms with Gasteiger partial charge in [0.25, 0.3) is 5.91 Å². The molecule has 0 aliphatic heterocycles. The van der Waals surface area contributed by atoms with Gasteiger partial charge in [-0.25, -0.2) is 4.79 Å². The van der Waals surface area contributed by atoms with E-state index in [1.165, 1.54) is 24.4 Å². The molecule has 3 N–H and O–H groups in total. The number of carbonyl (C=O) groups excluding carboxylic acids is 1. The van der Waals surface area contributed by atoms with Crippen LogP contribution in [0.25, 0.3) is 0 Å². The molecule has 0 atom stereocenters. The van der Waals surface area contributed by atoms with Crippen LogP contribution < -0.4 is 10.6 Å². The number of nitriles is 1. The van der Waals surface area contributed by atoms with Gasteiger partial charge in [0, 0.05) is 17.4 Å². The molecule has 0 radical (unpaired) electrons. The maximum atomic E-state index is 12.2. The number of hydrogen-bond donors (Lipinski definition) is 3. The number of nitrogens with one attached hydrogen (secondary N) is 2. The first-order valence-electron chi connectivity index (χ1n) is 7.96. The Labute approximate surface area is 148 Å². The highest BCUT2D eigenvalue weighted by molar-refractivity contribution is 6.06. The number of amides is 1. The van der Waals surface area contributed by atoms with E-state index in [9.17, 15) is 14.9 Å². The molecule has 25 heavy (non-hydrogen) atoms. The van der Waals surface area contributed by atoms with Crippen LogP contribution in [-0.4, -0.2) is 22.5 Å². The number of aromatic carboxylic acids is 1. The fourth-order valence-corrected chi connectivity index (χ4v) is 2.72. The van der Waals surface area contributed by atoms with Crippen LogP contribution in [0.1, 0.15) is 51.4 Å². The van der Waals surface area contributed by atoms with Gasteiger partial charge < -0.3 is 15.7 Å². The lowest BCUT2D eigenvalue weighted by Crippen LogP contribution is -2.39. The molecular weight excluding hydrogens is 318 g/mol. The highest BCUT2D eigenvalue weighted by Gasteiger charge is 2.24. The molecule has 0 aliphatic rings. The molecular formula is C19H25N3O3. The van der Waals surface area contributed by atoms with E-state index in [0.29, 0.717) is 5.69 Å². The monoisotopic (exact) mass is 343 g/mol. The number of carboxylic acid groups (broad SMARTS) is 1. The smallest absolute Gasteiger partial charge is 0.335 e. The van der Waals surface area contributed by atoms with Crippen molar-refractivity contribution in [1.82, 2.24) is 5.32 Å². The molecule has 0 saturated carbocycles.